The molecule has 15 heteroatoms. The van der Waals surface area contributed by atoms with Gasteiger partial charge in [-0.1, -0.05) is 0 Å². The molecule has 0 aromatic rings. The van der Waals surface area contributed by atoms with Gasteiger partial charge in [0.1, 0.15) is 0 Å². The Bertz CT molecular complexity index is 24.1. The third-order valence-electron chi connectivity index (χ3n) is 0. The topological polar surface area (TPSA) is 256 Å². The first kappa shape index (κ1) is 419. The van der Waals surface area contributed by atoms with Crippen LogP contribution in [0.2, 0.25) is 0 Å². The molecule has 0 amide bonds. The molecule has 0 unspecified atom stereocenters. The molecule has 0 N–H and O–H groups in total. The van der Waals surface area contributed by atoms with Crippen LogP contribution in [0, 0.1) is 0 Å². The second-order valence-corrected chi connectivity index (χ2v) is 0. The summed E-state index contributed by atoms with van der Waals surface area (Å²) in [6, 6.07) is 0. The Morgan fingerprint density at radius 1 is 0.267 bits per heavy atom. The molecular weight excluding hydrogens is 652 g/mol. The fourth-order valence-corrected chi connectivity index (χ4v) is 0. The standard InChI is InChI=1S/2Ga.9O.2Sn.2Zn/q2*+3;9*-2;2*+4;2*+2. The molecule has 0 bridgehead atoms. The van der Waals surface area contributed by atoms with Gasteiger partial charge in [-0.3, -0.25) is 0 Å². The van der Waals surface area contributed by atoms with Crippen LogP contribution in [0.5, 0.6) is 0 Å². The second kappa shape index (κ2) is 353. The van der Waals surface area contributed by atoms with E-state index in [0.717, 1.165) is 0 Å². The Balaban J connectivity index is 0. The third-order valence-corrected chi connectivity index (χ3v) is 0. The molecule has 0 aliphatic rings. The fourth-order valence-electron chi connectivity index (χ4n) is 0. The Labute approximate surface area is 173 Å². The smallest absolute Gasteiger partial charge is 2.00 e. The Kier molecular flexibility index (Phi) is 9870. The Hall–Kier alpha value is 3.76. The SMILES string of the molecule is [Ga+3].[Ga+3].[O-2].[O-2].[O-2].[O-2].[O-2].[O-2].[O-2].[O-2].[O-2].[Sn+4].[Sn+4].[Zn+2].[Zn+2]. The van der Waals surface area contributed by atoms with Crippen LogP contribution in [0.4, 0.5) is 0 Å². The zero-order valence-corrected chi connectivity index (χ0v) is 23.7. The second-order valence-electron chi connectivity index (χ2n) is 0. The van der Waals surface area contributed by atoms with Crippen molar-refractivity contribution in [1.82, 2.24) is 0 Å². The summed E-state index contributed by atoms with van der Waals surface area (Å²) in [6.07, 6.45) is 0. The molecule has 0 aliphatic heterocycles. The number of hydrogen-bond acceptors (Lipinski definition) is 0. The average Bonchev–Trinajstić information content (AvgIpc) is 0. The summed E-state index contributed by atoms with van der Waals surface area (Å²) >= 11 is 0. The van der Waals surface area contributed by atoms with Gasteiger partial charge in [-0.05, 0) is 0 Å². The molecule has 0 saturated heterocycles. The van der Waals surface area contributed by atoms with Crippen LogP contribution in [-0.2, 0) is 88.2 Å². The predicted molar refractivity (Wildman–Crippen MR) is 29.2 cm³/mol. The minimum atomic E-state index is 0. The van der Waals surface area contributed by atoms with Gasteiger partial charge in [0.05, 0.1) is 0 Å². The molecular formula is Ga2O9Sn2Zn2. The van der Waals surface area contributed by atoms with E-state index in [-0.39, 0.29) is 176 Å². The number of hydrogen-bond donors (Lipinski definition) is 0. The summed E-state index contributed by atoms with van der Waals surface area (Å²) in [7, 11) is 0. The van der Waals surface area contributed by atoms with Crippen LogP contribution in [0.1, 0.15) is 0 Å². The van der Waals surface area contributed by atoms with Crippen LogP contribution in [0.15, 0.2) is 0 Å². The molecule has 0 radical (unpaired) electrons. The minimum Gasteiger partial charge on any atom is -2.00 e. The summed E-state index contributed by atoms with van der Waals surface area (Å²) in [5, 5.41) is 0. The van der Waals surface area contributed by atoms with Crippen molar-refractivity contribution in [2.24, 2.45) is 0 Å². The third kappa shape index (κ3) is 312. The van der Waals surface area contributed by atoms with Gasteiger partial charge < -0.3 is 49.3 Å². The summed E-state index contributed by atoms with van der Waals surface area (Å²) in [6.45, 7) is 0. The molecule has 0 saturated carbocycles. The largest absolute Gasteiger partial charge is 4.00 e. The van der Waals surface area contributed by atoms with Gasteiger partial charge in [0.15, 0.2) is 0 Å². The van der Waals surface area contributed by atoms with Crippen molar-refractivity contribution in [3.8, 4) is 0 Å². The van der Waals surface area contributed by atoms with Crippen molar-refractivity contribution >= 4 is 87.4 Å². The van der Waals surface area contributed by atoms with E-state index in [2.05, 4.69) is 0 Å². The maximum atomic E-state index is 0. The van der Waals surface area contributed by atoms with E-state index in [1.54, 1.807) is 0 Å². The Morgan fingerprint density at radius 2 is 0.267 bits per heavy atom. The van der Waals surface area contributed by atoms with Crippen molar-refractivity contribution in [1.29, 1.82) is 0 Å². The van der Waals surface area contributed by atoms with Gasteiger partial charge in [0.25, 0.3) is 0 Å². The van der Waals surface area contributed by atoms with Crippen molar-refractivity contribution in [3.63, 3.8) is 0 Å². The van der Waals surface area contributed by atoms with Gasteiger partial charge >= 0.3 is 126 Å². The van der Waals surface area contributed by atoms with Crippen LogP contribution in [-0.4, -0.2) is 87.4 Å². The molecule has 0 atom stereocenters. The predicted octanol–water partition coefficient (Wildman–Crippen LogP) is -2.60. The maximum absolute atomic E-state index is 0. The van der Waals surface area contributed by atoms with E-state index >= 15 is 0 Å². The van der Waals surface area contributed by atoms with Gasteiger partial charge in [0, 0.05) is 0 Å². The molecule has 0 heterocycles. The van der Waals surface area contributed by atoms with Crippen molar-refractivity contribution in [3.05, 3.63) is 0 Å². The summed E-state index contributed by atoms with van der Waals surface area (Å²) in [5.41, 5.74) is 0. The molecule has 0 fully saturated rings. The molecule has 0 aromatic carbocycles. The monoisotopic (exact) mass is 649 g/mol. The van der Waals surface area contributed by atoms with E-state index < -0.39 is 0 Å². The molecule has 0 aliphatic carbocycles. The summed E-state index contributed by atoms with van der Waals surface area (Å²) in [4.78, 5) is 0. The van der Waals surface area contributed by atoms with Gasteiger partial charge in [-0.15, -0.1) is 0 Å². The van der Waals surface area contributed by atoms with E-state index in [4.69, 9.17) is 0 Å². The Morgan fingerprint density at radius 3 is 0.267 bits per heavy atom. The average molecular weight is 652 g/mol. The van der Waals surface area contributed by atoms with Gasteiger partial charge in [-0.25, -0.2) is 0 Å². The quantitative estimate of drug-likeness (QED) is 0.244. The molecule has 0 rings (SSSR count). The first-order valence-electron chi connectivity index (χ1n) is 0. The normalized spacial score (nSPS) is 0. The molecule has 15 heavy (non-hydrogen) atoms. The molecule has 0 spiro atoms. The van der Waals surface area contributed by atoms with Crippen molar-refractivity contribution in [2.45, 2.75) is 0 Å². The van der Waals surface area contributed by atoms with E-state index in [9.17, 15) is 0 Å². The first-order valence-corrected chi connectivity index (χ1v) is 0. The van der Waals surface area contributed by atoms with Gasteiger partial charge in [-0.2, -0.15) is 0 Å². The first-order chi connectivity index (χ1) is 0. The summed E-state index contributed by atoms with van der Waals surface area (Å²) in [5.74, 6) is 0. The maximum Gasteiger partial charge on any atom is 4.00 e. The van der Waals surface area contributed by atoms with Crippen molar-refractivity contribution < 1.29 is 88.2 Å². The molecule has 72 valence electrons. The van der Waals surface area contributed by atoms with Crippen molar-refractivity contribution in [2.75, 3.05) is 0 Å². The van der Waals surface area contributed by atoms with E-state index in [0.29, 0.717) is 0 Å². The van der Waals surface area contributed by atoms with E-state index in [1.807, 2.05) is 0 Å². The minimum absolute atomic E-state index is 0. The van der Waals surface area contributed by atoms with Crippen LogP contribution in [0.3, 0.4) is 0 Å². The molecule has 9 nitrogen and oxygen atoms in total. The van der Waals surface area contributed by atoms with Crippen LogP contribution < -0.4 is 0 Å². The van der Waals surface area contributed by atoms with Crippen LogP contribution >= 0.6 is 0 Å². The van der Waals surface area contributed by atoms with E-state index in [1.165, 1.54) is 0 Å². The summed E-state index contributed by atoms with van der Waals surface area (Å²) < 4.78 is 0. The fraction of sp³-hybridized carbons (Fsp3) is 0. The zero-order chi connectivity index (χ0) is 0. The van der Waals surface area contributed by atoms with Gasteiger partial charge in [0.2, 0.25) is 0 Å². The van der Waals surface area contributed by atoms with Crippen LogP contribution in [0.25, 0.3) is 0 Å². The zero-order valence-electron chi connectivity index (χ0n) is 7.24. The number of rotatable bonds is 0. The molecule has 0 aromatic heterocycles.